The summed E-state index contributed by atoms with van der Waals surface area (Å²) in [6, 6.07) is 0. The molecule has 0 unspecified atom stereocenters. The van der Waals surface area contributed by atoms with E-state index >= 15 is 0 Å². The molecule has 4 N–H and O–H groups in total. The molecule has 0 spiro atoms. The van der Waals surface area contributed by atoms with Gasteiger partial charge in [-0.05, 0) is 24.3 Å². The number of rotatable bonds is 8. The Morgan fingerprint density at radius 3 is 0.864 bits per heavy atom. The van der Waals surface area contributed by atoms with E-state index < -0.39 is 0 Å². The van der Waals surface area contributed by atoms with Gasteiger partial charge in [0, 0.05) is 0 Å². The van der Waals surface area contributed by atoms with Gasteiger partial charge in [-0.2, -0.15) is 0 Å². The lowest BCUT2D eigenvalue weighted by Gasteiger charge is -2.01. The monoisotopic (exact) mass is 308 g/mol. The van der Waals surface area contributed by atoms with Crippen LogP contribution < -0.4 is 21.3 Å². The van der Waals surface area contributed by atoms with E-state index in [1.807, 2.05) is 0 Å². The summed E-state index contributed by atoms with van der Waals surface area (Å²) in [5.74, 6) is -1.30. The van der Waals surface area contributed by atoms with Gasteiger partial charge in [0.1, 0.15) is 0 Å². The number of amides is 4. The molecule has 0 aromatic rings. The third-order valence-electron chi connectivity index (χ3n) is 1.79. The van der Waals surface area contributed by atoms with E-state index in [9.17, 15) is 19.2 Å². The van der Waals surface area contributed by atoms with Crippen molar-refractivity contribution in [1.82, 2.24) is 21.3 Å². The van der Waals surface area contributed by atoms with Gasteiger partial charge in [-0.25, -0.2) is 0 Å². The van der Waals surface area contributed by atoms with Gasteiger partial charge >= 0.3 is 0 Å². The molecule has 8 heteroatoms. The summed E-state index contributed by atoms with van der Waals surface area (Å²) in [6.07, 6.45) is 4.50. The molecule has 8 nitrogen and oxygen atoms in total. The zero-order valence-corrected chi connectivity index (χ0v) is 12.2. The van der Waals surface area contributed by atoms with Gasteiger partial charge in [0.25, 0.3) is 0 Å². The van der Waals surface area contributed by atoms with Crippen molar-refractivity contribution in [3.05, 3.63) is 50.6 Å². The average molecular weight is 308 g/mol. The largest absolute Gasteiger partial charge is 0.335 e. The Balaban J connectivity index is 0. The van der Waals surface area contributed by atoms with Crippen molar-refractivity contribution in [2.24, 2.45) is 0 Å². The van der Waals surface area contributed by atoms with Gasteiger partial charge < -0.3 is 21.3 Å². The molecule has 0 rings (SSSR count). The van der Waals surface area contributed by atoms with Crippen molar-refractivity contribution in [2.45, 2.75) is 0 Å². The maximum atomic E-state index is 10.5. The standard InChI is InChI=1S/2C7H10N2O2/c2*1-3-6(10)8-5-9-7(11)4-2/h2*3-4H,1-2,5H2,(H,8,10)(H,9,11). The minimum Gasteiger partial charge on any atom is -0.335 e. The Morgan fingerprint density at radius 2 is 0.727 bits per heavy atom. The SMILES string of the molecule is C=CC(=O)NCNC(=O)C=C.C=CC(=O)NCNC(=O)C=C. The van der Waals surface area contributed by atoms with E-state index in [0.29, 0.717) is 0 Å². The van der Waals surface area contributed by atoms with Crippen molar-refractivity contribution >= 4 is 23.6 Å². The first-order valence-corrected chi connectivity index (χ1v) is 6.02. The summed E-state index contributed by atoms with van der Waals surface area (Å²) in [5, 5.41) is 9.44. The molecular weight excluding hydrogens is 288 g/mol. The number of hydrogen-bond donors (Lipinski definition) is 4. The maximum Gasteiger partial charge on any atom is 0.244 e. The molecule has 0 bridgehead atoms. The molecule has 0 aromatic heterocycles. The number of nitrogens with one attached hydrogen (secondary N) is 4. The summed E-state index contributed by atoms with van der Waals surface area (Å²) < 4.78 is 0. The van der Waals surface area contributed by atoms with E-state index in [2.05, 4.69) is 47.6 Å². The molecule has 22 heavy (non-hydrogen) atoms. The minimum absolute atomic E-state index is 0.0930. The van der Waals surface area contributed by atoms with Crippen LogP contribution in [-0.4, -0.2) is 37.0 Å². The van der Waals surface area contributed by atoms with Crippen LogP contribution in [0.5, 0.6) is 0 Å². The minimum atomic E-state index is -0.325. The second-order valence-corrected chi connectivity index (χ2v) is 3.33. The summed E-state index contributed by atoms with van der Waals surface area (Å²) in [5.41, 5.74) is 0. The third-order valence-corrected chi connectivity index (χ3v) is 1.79. The van der Waals surface area contributed by atoms with Gasteiger partial charge in [-0.15, -0.1) is 0 Å². The fraction of sp³-hybridized carbons (Fsp3) is 0.143. The van der Waals surface area contributed by atoms with Crippen LogP contribution in [-0.2, 0) is 19.2 Å². The maximum absolute atomic E-state index is 10.5. The molecule has 0 saturated carbocycles. The van der Waals surface area contributed by atoms with Gasteiger partial charge in [-0.1, -0.05) is 26.3 Å². The Kier molecular flexibility index (Phi) is 13.7. The lowest BCUT2D eigenvalue weighted by atomic mass is 10.5. The number of hydrogen-bond acceptors (Lipinski definition) is 4. The van der Waals surface area contributed by atoms with Crippen LogP contribution in [0, 0.1) is 0 Å². The first kappa shape index (κ1) is 21.1. The van der Waals surface area contributed by atoms with Gasteiger partial charge in [0.05, 0.1) is 13.3 Å². The van der Waals surface area contributed by atoms with E-state index in [1.165, 1.54) is 0 Å². The molecule has 0 aliphatic rings. The molecule has 0 saturated heterocycles. The highest BCUT2D eigenvalue weighted by Crippen LogP contribution is 1.66. The molecule has 0 atom stereocenters. The summed E-state index contributed by atoms with van der Waals surface area (Å²) in [4.78, 5) is 41.9. The first-order chi connectivity index (χ1) is 10.4. The Bertz CT molecular complexity index is 376. The predicted molar refractivity (Wildman–Crippen MR) is 83.1 cm³/mol. The molecule has 0 aliphatic heterocycles. The van der Waals surface area contributed by atoms with E-state index in [-0.39, 0.29) is 37.0 Å². The predicted octanol–water partition coefficient (Wildman–Crippen LogP) is -0.903. The molecule has 0 aliphatic carbocycles. The van der Waals surface area contributed by atoms with E-state index in [0.717, 1.165) is 24.3 Å². The van der Waals surface area contributed by atoms with E-state index in [4.69, 9.17) is 0 Å². The van der Waals surface area contributed by atoms with Gasteiger partial charge in [0.2, 0.25) is 23.6 Å². The Labute approximate surface area is 129 Å². The molecule has 0 heterocycles. The van der Waals surface area contributed by atoms with Crippen LogP contribution in [0.2, 0.25) is 0 Å². The lowest BCUT2D eigenvalue weighted by molar-refractivity contribution is -0.119. The summed E-state index contributed by atoms with van der Waals surface area (Å²) in [6.45, 7) is 13.1. The number of carbonyl (C=O) groups is 4. The first-order valence-electron chi connectivity index (χ1n) is 6.02. The summed E-state index contributed by atoms with van der Waals surface area (Å²) >= 11 is 0. The van der Waals surface area contributed by atoms with Crippen LogP contribution in [0.4, 0.5) is 0 Å². The fourth-order valence-corrected chi connectivity index (χ4v) is 0.726. The molecule has 0 fully saturated rings. The zero-order chi connectivity index (χ0) is 17.4. The smallest absolute Gasteiger partial charge is 0.244 e. The second kappa shape index (κ2) is 14.3. The van der Waals surface area contributed by atoms with Crippen molar-refractivity contribution in [3.8, 4) is 0 Å². The van der Waals surface area contributed by atoms with Crippen molar-refractivity contribution in [2.75, 3.05) is 13.3 Å². The quantitative estimate of drug-likeness (QED) is 0.343. The van der Waals surface area contributed by atoms with Gasteiger partial charge in [-0.3, -0.25) is 19.2 Å². The van der Waals surface area contributed by atoms with Crippen LogP contribution in [0.1, 0.15) is 0 Å². The molecule has 4 amide bonds. The lowest BCUT2D eigenvalue weighted by Crippen LogP contribution is -2.35. The normalized spacial score (nSPS) is 8.00. The van der Waals surface area contributed by atoms with Crippen LogP contribution in [0.25, 0.3) is 0 Å². The Morgan fingerprint density at radius 1 is 0.545 bits per heavy atom. The van der Waals surface area contributed by atoms with E-state index in [1.54, 1.807) is 0 Å². The molecular formula is C14H20N4O4. The topological polar surface area (TPSA) is 116 Å². The Hall–Kier alpha value is -3.16. The average Bonchev–Trinajstić information content (AvgIpc) is 2.54. The van der Waals surface area contributed by atoms with Crippen molar-refractivity contribution in [3.63, 3.8) is 0 Å². The summed E-state index contributed by atoms with van der Waals surface area (Å²) in [7, 11) is 0. The highest BCUT2D eigenvalue weighted by atomic mass is 16.2. The second-order valence-electron chi connectivity index (χ2n) is 3.33. The molecule has 0 aromatic carbocycles. The van der Waals surface area contributed by atoms with Gasteiger partial charge in [0.15, 0.2) is 0 Å². The molecule has 120 valence electrons. The third kappa shape index (κ3) is 14.9. The van der Waals surface area contributed by atoms with Crippen molar-refractivity contribution in [1.29, 1.82) is 0 Å². The van der Waals surface area contributed by atoms with Crippen LogP contribution >= 0.6 is 0 Å². The van der Waals surface area contributed by atoms with Crippen LogP contribution in [0.3, 0.4) is 0 Å². The highest BCUT2D eigenvalue weighted by Gasteiger charge is 1.94. The number of carbonyl (C=O) groups excluding carboxylic acids is 4. The highest BCUT2D eigenvalue weighted by molar-refractivity contribution is 5.89. The molecule has 0 radical (unpaired) electrons. The fourth-order valence-electron chi connectivity index (χ4n) is 0.726. The van der Waals surface area contributed by atoms with Crippen molar-refractivity contribution < 1.29 is 19.2 Å². The zero-order valence-electron chi connectivity index (χ0n) is 12.2. The van der Waals surface area contributed by atoms with Crippen LogP contribution in [0.15, 0.2) is 50.6 Å².